The van der Waals surface area contributed by atoms with Crippen molar-refractivity contribution in [1.82, 2.24) is 0 Å². The van der Waals surface area contributed by atoms with E-state index in [0.717, 1.165) is 12.8 Å². The molecule has 0 N–H and O–H groups in total. The van der Waals surface area contributed by atoms with E-state index in [1.807, 2.05) is 11.8 Å². The molecule has 0 fully saturated rings. The van der Waals surface area contributed by atoms with Crippen molar-refractivity contribution < 1.29 is 0 Å². The topological polar surface area (TPSA) is 0 Å². The summed E-state index contributed by atoms with van der Waals surface area (Å²) in [6, 6.07) is 45.0. The third-order valence-corrected chi connectivity index (χ3v) is 12.0. The van der Waals surface area contributed by atoms with Gasteiger partial charge in [-0.1, -0.05) is 263 Å². The van der Waals surface area contributed by atoms with Crippen LogP contribution in [0.25, 0.3) is 21.0 Å². The Kier molecular flexibility index (Phi) is 21.9. The zero-order valence-corrected chi connectivity index (χ0v) is 34.3. The number of thioether (sulfide) groups is 1. The molecule has 0 saturated carbocycles. The average molecular weight is 727 g/mol. The van der Waals surface area contributed by atoms with Crippen molar-refractivity contribution >= 4 is 32.7 Å². The summed E-state index contributed by atoms with van der Waals surface area (Å²) in [5.41, 5.74) is 8.34. The van der Waals surface area contributed by atoms with E-state index in [1.54, 1.807) is 0 Å². The molecular weight excluding hydrogens is 657 g/mol. The summed E-state index contributed by atoms with van der Waals surface area (Å²) < 4.78 is 0. The predicted molar refractivity (Wildman–Crippen MR) is 240 cm³/mol. The molecule has 0 saturated heterocycles. The lowest BCUT2D eigenvalue weighted by molar-refractivity contribution is 0.558. The van der Waals surface area contributed by atoms with Gasteiger partial charge >= 0.3 is 0 Å². The molecule has 0 radical (unpaired) electrons. The first-order chi connectivity index (χ1) is 26.3. The van der Waals surface area contributed by atoms with Gasteiger partial charge in [0.25, 0.3) is 0 Å². The fraction of sp³-hybridized carbons (Fsp3) is 0.462. The van der Waals surface area contributed by atoms with E-state index in [1.165, 1.54) is 172 Å². The Morgan fingerprint density at radius 2 is 0.547 bits per heavy atom. The van der Waals surface area contributed by atoms with Crippen molar-refractivity contribution in [3.8, 4) is 0 Å². The van der Waals surface area contributed by atoms with Gasteiger partial charge in [0.15, 0.2) is 0 Å². The zero-order valence-electron chi connectivity index (χ0n) is 33.5. The molecule has 0 nitrogen and oxygen atoms in total. The molecule has 284 valence electrons. The lowest BCUT2D eigenvalue weighted by Gasteiger charge is -2.21. The summed E-state index contributed by atoms with van der Waals surface area (Å²) >= 11 is 2.02. The third kappa shape index (κ3) is 16.3. The van der Waals surface area contributed by atoms with E-state index in [-0.39, 0.29) is 0 Å². The Balaban J connectivity index is 1.63. The number of hydrogen-bond donors (Lipinski definition) is 0. The summed E-state index contributed by atoms with van der Waals surface area (Å²) in [6.45, 7) is 4.61. The van der Waals surface area contributed by atoms with Crippen molar-refractivity contribution in [2.45, 2.75) is 155 Å². The van der Waals surface area contributed by atoms with E-state index in [2.05, 4.69) is 135 Å². The van der Waals surface area contributed by atoms with Gasteiger partial charge in [0, 0.05) is 9.81 Å². The standard InChI is InChI=1S/C52H70S/c1-3-5-7-9-11-13-15-17-19-33-43-49(45-35-25-21-26-36-45)51(47-39-29-23-30-40-47)53-52(48-41-31-24-32-42-48)50(46-37-27-22-28-38-46)44-34-20-18-16-14-12-10-8-6-4-2/h21-32,35-42H,3-20,33-34,43-44H2,1-2H3/b51-49+,52-50+. The Bertz CT molecular complexity index is 1420. The normalized spacial score (nSPS) is 12.4. The van der Waals surface area contributed by atoms with Gasteiger partial charge in [-0.15, -0.1) is 0 Å². The minimum atomic E-state index is 1.10. The molecule has 0 amide bonds. The second-order valence-electron chi connectivity index (χ2n) is 15.0. The summed E-state index contributed by atoms with van der Waals surface area (Å²) in [6.07, 6.45) is 29.4. The monoisotopic (exact) mass is 727 g/mol. The molecule has 0 atom stereocenters. The zero-order chi connectivity index (χ0) is 37.0. The van der Waals surface area contributed by atoms with Crippen LogP contribution in [0.5, 0.6) is 0 Å². The second kappa shape index (κ2) is 27.3. The fourth-order valence-electron chi connectivity index (χ4n) is 7.51. The quantitative estimate of drug-likeness (QED) is 0.0415. The van der Waals surface area contributed by atoms with Crippen LogP contribution in [0.2, 0.25) is 0 Å². The maximum Gasteiger partial charge on any atom is 0.0233 e. The van der Waals surface area contributed by atoms with Crippen molar-refractivity contribution in [2.75, 3.05) is 0 Å². The maximum atomic E-state index is 2.34. The highest BCUT2D eigenvalue weighted by atomic mass is 32.2. The molecule has 0 unspecified atom stereocenters. The minimum absolute atomic E-state index is 1.10. The molecule has 0 aromatic heterocycles. The van der Waals surface area contributed by atoms with Crippen LogP contribution in [-0.2, 0) is 0 Å². The maximum absolute atomic E-state index is 2.34. The molecule has 4 rings (SSSR count). The van der Waals surface area contributed by atoms with E-state index in [9.17, 15) is 0 Å². The second-order valence-corrected chi connectivity index (χ2v) is 16.1. The van der Waals surface area contributed by atoms with Crippen molar-refractivity contribution in [2.24, 2.45) is 0 Å². The number of benzene rings is 4. The lowest BCUT2D eigenvalue weighted by atomic mass is 9.96. The molecule has 0 aliphatic carbocycles. The summed E-state index contributed by atoms with van der Waals surface area (Å²) in [4.78, 5) is 2.81. The van der Waals surface area contributed by atoms with Crippen LogP contribution in [0.1, 0.15) is 177 Å². The van der Waals surface area contributed by atoms with E-state index in [0.29, 0.717) is 0 Å². The first-order valence-electron chi connectivity index (χ1n) is 21.7. The van der Waals surface area contributed by atoms with Crippen molar-refractivity contribution in [3.05, 3.63) is 144 Å². The minimum Gasteiger partial charge on any atom is -0.0882 e. The van der Waals surface area contributed by atoms with Crippen molar-refractivity contribution in [1.29, 1.82) is 0 Å². The van der Waals surface area contributed by atoms with Gasteiger partial charge in [-0.05, 0) is 59.1 Å². The van der Waals surface area contributed by atoms with Crippen LogP contribution in [0, 0.1) is 0 Å². The van der Waals surface area contributed by atoms with Crippen LogP contribution in [0.4, 0.5) is 0 Å². The molecule has 0 spiro atoms. The van der Waals surface area contributed by atoms with Crippen LogP contribution in [-0.4, -0.2) is 0 Å². The molecule has 0 aliphatic rings. The summed E-state index contributed by atoms with van der Waals surface area (Å²) in [5, 5.41) is 0. The van der Waals surface area contributed by atoms with Crippen LogP contribution < -0.4 is 0 Å². The van der Waals surface area contributed by atoms with Crippen LogP contribution in [0.15, 0.2) is 121 Å². The van der Waals surface area contributed by atoms with E-state index in [4.69, 9.17) is 0 Å². The molecule has 0 aliphatic heterocycles. The van der Waals surface area contributed by atoms with Crippen molar-refractivity contribution in [3.63, 3.8) is 0 Å². The molecule has 4 aromatic rings. The van der Waals surface area contributed by atoms with Gasteiger partial charge in [0.1, 0.15) is 0 Å². The Labute approximate surface area is 330 Å². The van der Waals surface area contributed by atoms with Crippen LogP contribution in [0.3, 0.4) is 0 Å². The molecule has 53 heavy (non-hydrogen) atoms. The number of hydrogen-bond acceptors (Lipinski definition) is 1. The lowest BCUT2D eigenvalue weighted by Crippen LogP contribution is -1.96. The highest BCUT2D eigenvalue weighted by Crippen LogP contribution is 2.48. The predicted octanol–water partition coefficient (Wildman–Crippen LogP) is 17.5. The molecular formula is C52H70S. The Morgan fingerprint density at radius 3 is 0.830 bits per heavy atom. The first-order valence-corrected chi connectivity index (χ1v) is 22.5. The van der Waals surface area contributed by atoms with Crippen LogP contribution >= 0.6 is 11.8 Å². The SMILES string of the molecule is CCCCCCCCCCCC/C(=C(\S/C(=C(\CCCCCCCCCCCC)c1ccccc1)c1ccccc1)c1ccccc1)c1ccccc1. The Hall–Kier alpha value is -3.29. The van der Waals surface area contributed by atoms with Gasteiger partial charge in [-0.3, -0.25) is 0 Å². The number of allylic oxidation sites excluding steroid dienone is 2. The smallest absolute Gasteiger partial charge is 0.0233 e. The van der Waals surface area contributed by atoms with Gasteiger partial charge < -0.3 is 0 Å². The average Bonchev–Trinajstić information content (AvgIpc) is 3.22. The van der Waals surface area contributed by atoms with Gasteiger partial charge in [0.05, 0.1) is 0 Å². The fourth-order valence-corrected chi connectivity index (χ4v) is 8.90. The number of unbranched alkanes of at least 4 members (excludes halogenated alkanes) is 18. The summed E-state index contributed by atoms with van der Waals surface area (Å²) in [5.74, 6) is 0. The van der Waals surface area contributed by atoms with Gasteiger partial charge in [-0.2, -0.15) is 0 Å². The van der Waals surface area contributed by atoms with E-state index >= 15 is 0 Å². The molecule has 4 aromatic carbocycles. The molecule has 0 heterocycles. The highest BCUT2D eigenvalue weighted by molar-refractivity contribution is 8.17. The highest BCUT2D eigenvalue weighted by Gasteiger charge is 2.19. The molecule has 1 heteroatoms. The third-order valence-electron chi connectivity index (χ3n) is 10.6. The summed E-state index contributed by atoms with van der Waals surface area (Å²) in [7, 11) is 0. The van der Waals surface area contributed by atoms with E-state index < -0.39 is 0 Å². The van der Waals surface area contributed by atoms with Gasteiger partial charge in [0.2, 0.25) is 0 Å². The van der Waals surface area contributed by atoms with Gasteiger partial charge in [-0.25, -0.2) is 0 Å². The molecule has 0 bridgehead atoms. The largest absolute Gasteiger partial charge is 0.0882 e. The Morgan fingerprint density at radius 1 is 0.302 bits per heavy atom. The first kappa shape index (κ1) is 42.5. The number of rotatable bonds is 28.